The third-order valence-corrected chi connectivity index (χ3v) is 4.68. The van der Waals surface area contributed by atoms with Crippen molar-refractivity contribution in [1.82, 2.24) is 5.32 Å². The quantitative estimate of drug-likeness (QED) is 0.918. The lowest BCUT2D eigenvalue weighted by molar-refractivity contribution is 0.477. The van der Waals surface area contributed by atoms with Crippen LogP contribution in [0.5, 0.6) is 0 Å². The Morgan fingerprint density at radius 3 is 2.52 bits per heavy atom. The Balaban J connectivity index is 1.98. The van der Waals surface area contributed by atoms with Gasteiger partial charge < -0.3 is 10.2 Å². The van der Waals surface area contributed by atoms with E-state index < -0.39 is 0 Å². The monoisotopic (exact) mass is 280 g/mol. The maximum atomic E-state index is 3.53. The molecule has 3 rings (SSSR count). The molecule has 1 aliphatic rings. The number of rotatable bonds is 4. The zero-order chi connectivity index (χ0) is 14.8. The van der Waals surface area contributed by atoms with Gasteiger partial charge in [0.1, 0.15) is 0 Å². The predicted octanol–water partition coefficient (Wildman–Crippen LogP) is 3.71. The minimum absolute atomic E-state index is 0.403. The molecule has 0 aromatic heterocycles. The van der Waals surface area contributed by atoms with Crippen LogP contribution in [0, 0.1) is 6.92 Å². The molecule has 0 amide bonds. The highest BCUT2D eigenvalue weighted by atomic mass is 15.2. The number of anilines is 1. The van der Waals surface area contributed by atoms with Crippen molar-refractivity contribution in [3.8, 4) is 0 Å². The number of nitrogens with zero attached hydrogens (tertiary/aromatic N) is 1. The molecular formula is C19H24N2. The van der Waals surface area contributed by atoms with Gasteiger partial charge in [-0.3, -0.25) is 0 Å². The van der Waals surface area contributed by atoms with Crippen LogP contribution in [0.1, 0.15) is 29.7 Å². The molecule has 0 fully saturated rings. The molecule has 0 radical (unpaired) electrons. The number of nitrogens with one attached hydrogen (secondary N) is 1. The predicted molar refractivity (Wildman–Crippen MR) is 89.9 cm³/mol. The van der Waals surface area contributed by atoms with Crippen molar-refractivity contribution in [3.63, 3.8) is 0 Å². The number of aryl methyl sites for hydroxylation is 1. The van der Waals surface area contributed by atoms with E-state index in [1.807, 2.05) is 0 Å². The van der Waals surface area contributed by atoms with Crippen molar-refractivity contribution < 1.29 is 0 Å². The van der Waals surface area contributed by atoms with E-state index in [1.54, 1.807) is 0 Å². The normalized spacial score (nSPS) is 20.3. The number of likely N-dealkylation sites (N-methyl/N-ethyl adjacent to an activating group) is 2. The third kappa shape index (κ3) is 2.44. The number of hydrogen-bond acceptors (Lipinski definition) is 2. The summed E-state index contributed by atoms with van der Waals surface area (Å²) < 4.78 is 0. The van der Waals surface area contributed by atoms with Gasteiger partial charge in [-0.1, -0.05) is 42.5 Å². The fourth-order valence-electron chi connectivity index (χ4n) is 3.68. The van der Waals surface area contributed by atoms with Gasteiger partial charge >= 0.3 is 0 Å². The summed E-state index contributed by atoms with van der Waals surface area (Å²) in [7, 11) is 2.07. The lowest BCUT2D eigenvalue weighted by Crippen LogP contribution is -2.42. The Morgan fingerprint density at radius 1 is 1.10 bits per heavy atom. The van der Waals surface area contributed by atoms with Crippen LogP contribution in [0.2, 0.25) is 0 Å². The standard InChI is InChI=1S/C19H24N2/c1-4-21(17-12-8-5-9-14(17)2)18-13-15-10-6-7-11-16(15)19(18)20-3/h5-12,18-20H,4,13H2,1-3H3. The first-order chi connectivity index (χ1) is 10.3. The Morgan fingerprint density at radius 2 is 1.81 bits per heavy atom. The van der Waals surface area contributed by atoms with E-state index in [-0.39, 0.29) is 0 Å². The highest BCUT2D eigenvalue weighted by molar-refractivity contribution is 5.56. The summed E-state index contributed by atoms with van der Waals surface area (Å²) in [4.78, 5) is 2.55. The summed E-state index contributed by atoms with van der Waals surface area (Å²) in [5.74, 6) is 0. The van der Waals surface area contributed by atoms with Crippen molar-refractivity contribution in [1.29, 1.82) is 0 Å². The molecule has 21 heavy (non-hydrogen) atoms. The number of para-hydroxylation sites is 1. The first-order valence-corrected chi connectivity index (χ1v) is 7.83. The number of benzene rings is 2. The van der Waals surface area contributed by atoms with E-state index in [1.165, 1.54) is 22.4 Å². The van der Waals surface area contributed by atoms with Gasteiger partial charge in [0.05, 0.1) is 12.1 Å². The van der Waals surface area contributed by atoms with Crippen molar-refractivity contribution in [2.24, 2.45) is 0 Å². The minimum atomic E-state index is 0.403. The maximum Gasteiger partial charge on any atom is 0.0530 e. The second-order valence-electron chi connectivity index (χ2n) is 5.81. The lowest BCUT2D eigenvalue weighted by atomic mass is 10.0. The molecular weight excluding hydrogens is 256 g/mol. The summed E-state index contributed by atoms with van der Waals surface area (Å²) in [6, 6.07) is 18.4. The molecule has 0 spiro atoms. The Hall–Kier alpha value is -1.80. The zero-order valence-electron chi connectivity index (χ0n) is 13.1. The van der Waals surface area contributed by atoms with Crippen molar-refractivity contribution >= 4 is 5.69 Å². The molecule has 2 atom stereocenters. The molecule has 2 nitrogen and oxygen atoms in total. The molecule has 2 heteroatoms. The van der Waals surface area contributed by atoms with Crippen LogP contribution in [0.15, 0.2) is 48.5 Å². The van der Waals surface area contributed by atoms with E-state index >= 15 is 0 Å². The molecule has 1 N–H and O–H groups in total. The summed E-state index contributed by atoms with van der Waals surface area (Å²) in [6.45, 7) is 5.48. The topological polar surface area (TPSA) is 15.3 Å². The zero-order valence-corrected chi connectivity index (χ0v) is 13.1. The molecule has 0 aliphatic heterocycles. The molecule has 0 heterocycles. The SMILES string of the molecule is CCN(c1ccccc1C)C1Cc2ccccc2C1NC. The van der Waals surface area contributed by atoms with Crippen LogP contribution in [0.4, 0.5) is 5.69 Å². The highest BCUT2D eigenvalue weighted by Crippen LogP contribution is 2.36. The minimum Gasteiger partial charge on any atom is -0.366 e. The van der Waals surface area contributed by atoms with Crippen molar-refractivity contribution in [2.75, 3.05) is 18.5 Å². The van der Waals surface area contributed by atoms with Crippen molar-refractivity contribution in [2.45, 2.75) is 32.4 Å². The second kappa shape index (κ2) is 5.90. The summed E-state index contributed by atoms with van der Waals surface area (Å²) in [5, 5.41) is 3.53. The van der Waals surface area contributed by atoms with Crippen LogP contribution in [-0.4, -0.2) is 19.6 Å². The second-order valence-corrected chi connectivity index (χ2v) is 5.81. The largest absolute Gasteiger partial charge is 0.366 e. The Kier molecular flexibility index (Phi) is 3.98. The van der Waals surface area contributed by atoms with E-state index in [0.29, 0.717) is 12.1 Å². The van der Waals surface area contributed by atoms with Gasteiger partial charge in [-0.25, -0.2) is 0 Å². The number of fused-ring (bicyclic) bond motifs is 1. The maximum absolute atomic E-state index is 3.53. The van der Waals surface area contributed by atoms with Gasteiger partial charge in [-0.05, 0) is 50.1 Å². The third-order valence-electron chi connectivity index (χ3n) is 4.68. The van der Waals surface area contributed by atoms with Crippen LogP contribution in [0.25, 0.3) is 0 Å². The Labute approximate surface area is 127 Å². The molecule has 0 bridgehead atoms. The molecule has 110 valence electrons. The van der Waals surface area contributed by atoms with Crippen molar-refractivity contribution in [3.05, 3.63) is 65.2 Å². The van der Waals surface area contributed by atoms with Gasteiger partial charge in [0, 0.05) is 12.2 Å². The van der Waals surface area contributed by atoms with E-state index in [9.17, 15) is 0 Å². The summed E-state index contributed by atoms with van der Waals surface area (Å²) in [6.07, 6.45) is 1.11. The van der Waals surface area contributed by atoms with Crippen LogP contribution >= 0.6 is 0 Å². The first-order valence-electron chi connectivity index (χ1n) is 7.83. The molecule has 2 unspecified atom stereocenters. The van der Waals surface area contributed by atoms with Gasteiger partial charge in [-0.2, -0.15) is 0 Å². The van der Waals surface area contributed by atoms with E-state index in [2.05, 4.69) is 79.6 Å². The summed E-state index contributed by atoms with van der Waals surface area (Å²) in [5.41, 5.74) is 5.65. The van der Waals surface area contributed by atoms with Gasteiger partial charge in [0.15, 0.2) is 0 Å². The fraction of sp³-hybridized carbons (Fsp3) is 0.368. The van der Waals surface area contributed by atoms with Gasteiger partial charge in [0.2, 0.25) is 0 Å². The first kappa shape index (κ1) is 14.2. The average molecular weight is 280 g/mol. The van der Waals surface area contributed by atoms with Crippen LogP contribution in [0.3, 0.4) is 0 Å². The molecule has 2 aromatic carbocycles. The Bertz CT molecular complexity index is 620. The van der Waals surface area contributed by atoms with Crippen LogP contribution in [-0.2, 0) is 6.42 Å². The number of hydrogen-bond donors (Lipinski definition) is 1. The molecule has 2 aromatic rings. The highest BCUT2D eigenvalue weighted by Gasteiger charge is 2.35. The van der Waals surface area contributed by atoms with Crippen LogP contribution < -0.4 is 10.2 Å². The average Bonchev–Trinajstić information content (AvgIpc) is 2.88. The smallest absolute Gasteiger partial charge is 0.0530 e. The van der Waals surface area contributed by atoms with E-state index in [0.717, 1.165) is 13.0 Å². The lowest BCUT2D eigenvalue weighted by Gasteiger charge is -2.35. The van der Waals surface area contributed by atoms with Gasteiger partial charge in [0.25, 0.3) is 0 Å². The fourth-order valence-corrected chi connectivity index (χ4v) is 3.68. The van der Waals surface area contributed by atoms with E-state index in [4.69, 9.17) is 0 Å². The molecule has 0 saturated heterocycles. The molecule has 1 aliphatic carbocycles. The van der Waals surface area contributed by atoms with Gasteiger partial charge in [-0.15, -0.1) is 0 Å². The summed E-state index contributed by atoms with van der Waals surface area (Å²) >= 11 is 0. The molecule has 0 saturated carbocycles.